The van der Waals surface area contributed by atoms with E-state index in [9.17, 15) is 4.39 Å². The fourth-order valence-electron chi connectivity index (χ4n) is 1.59. The molecule has 0 radical (unpaired) electrons. The number of nitrogens with two attached hydrogens (primary N) is 1. The van der Waals surface area contributed by atoms with Crippen LogP contribution in [0.5, 0.6) is 0 Å². The molecule has 0 bridgehead atoms. The third kappa shape index (κ3) is 2.39. The number of thioether (sulfide) groups is 1. The van der Waals surface area contributed by atoms with Crippen LogP contribution in [0.25, 0.3) is 0 Å². The van der Waals surface area contributed by atoms with E-state index in [4.69, 9.17) is 10.5 Å². The number of halogens is 1. The molecule has 0 amide bonds. The SMILES string of the molecule is Cc1cc(SC2COC2)c([C@@H](C)N)cc1F. The molecule has 1 atom stereocenters. The van der Waals surface area contributed by atoms with E-state index in [2.05, 4.69) is 0 Å². The summed E-state index contributed by atoms with van der Waals surface area (Å²) < 4.78 is 18.6. The predicted molar refractivity (Wildman–Crippen MR) is 64.2 cm³/mol. The topological polar surface area (TPSA) is 35.2 Å². The minimum atomic E-state index is -0.179. The molecule has 2 N–H and O–H groups in total. The maximum atomic E-state index is 13.5. The molecule has 0 spiro atoms. The van der Waals surface area contributed by atoms with Crippen LogP contribution in [-0.4, -0.2) is 18.5 Å². The maximum absolute atomic E-state index is 13.5. The van der Waals surface area contributed by atoms with Crippen molar-refractivity contribution in [3.8, 4) is 0 Å². The van der Waals surface area contributed by atoms with Gasteiger partial charge in [-0.1, -0.05) is 0 Å². The first-order valence-corrected chi connectivity index (χ1v) is 6.26. The molecule has 1 aliphatic rings. The quantitative estimate of drug-likeness (QED) is 0.883. The van der Waals surface area contributed by atoms with Crippen LogP contribution in [-0.2, 0) is 4.74 Å². The van der Waals surface area contributed by atoms with Crippen LogP contribution in [0, 0.1) is 12.7 Å². The molecule has 1 aromatic carbocycles. The standard InChI is InChI=1S/C12H16FNOS/c1-7-3-12(16-9-5-15-6-9)10(8(2)14)4-11(7)13/h3-4,8-9H,5-6,14H2,1-2H3/t8-/m1/s1. The molecule has 0 aromatic heterocycles. The van der Waals surface area contributed by atoms with Gasteiger partial charge in [-0.3, -0.25) is 0 Å². The van der Waals surface area contributed by atoms with Crippen molar-refractivity contribution in [3.05, 3.63) is 29.1 Å². The number of aryl methyl sites for hydroxylation is 1. The van der Waals surface area contributed by atoms with Crippen LogP contribution in [0.1, 0.15) is 24.1 Å². The largest absolute Gasteiger partial charge is 0.379 e. The first-order chi connectivity index (χ1) is 7.58. The Morgan fingerprint density at radius 2 is 2.19 bits per heavy atom. The average molecular weight is 241 g/mol. The lowest BCUT2D eigenvalue weighted by Crippen LogP contribution is -2.30. The maximum Gasteiger partial charge on any atom is 0.126 e. The first-order valence-electron chi connectivity index (χ1n) is 5.38. The Morgan fingerprint density at radius 1 is 1.50 bits per heavy atom. The molecular formula is C12H16FNOS. The van der Waals surface area contributed by atoms with Crippen LogP contribution in [0.15, 0.2) is 17.0 Å². The number of hydrogen-bond donors (Lipinski definition) is 1. The van der Waals surface area contributed by atoms with Crippen molar-refractivity contribution in [1.29, 1.82) is 0 Å². The zero-order valence-corrected chi connectivity index (χ0v) is 10.3. The van der Waals surface area contributed by atoms with E-state index in [0.29, 0.717) is 10.8 Å². The molecule has 0 saturated carbocycles. The van der Waals surface area contributed by atoms with Crippen molar-refractivity contribution in [3.63, 3.8) is 0 Å². The van der Waals surface area contributed by atoms with Crippen molar-refractivity contribution in [2.45, 2.75) is 30.0 Å². The second-order valence-corrected chi connectivity index (χ2v) is 5.55. The van der Waals surface area contributed by atoms with E-state index in [0.717, 1.165) is 23.7 Å². The second-order valence-electron chi connectivity index (χ2n) is 4.21. The van der Waals surface area contributed by atoms with Gasteiger partial charge in [0.1, 0.15) is 5.82 Å². The van der Waals surface area contributed by atoms with Gasteiger partial charge in [-0.2, -0.15) is 0 Å². The van der Waals surface area contributed by atoms with Crippen LogP contribution in [0.2, 0.25) is 0 Å². The van der Waals surface area contributed by atoms with Gasteiger partial charge in [0, 0.05) is 10.9 Å². The Labute approximate surface area is 99.4 Å². The van der Waals surface area contributed by atoms with Crippen molar-refractivity contribution in [2.24, 2.45) is 5.73 Å². The van der Waals surface area contributed by atoms with Crippen LogP contribution < -0.4 is 5.73 Å². The van der Waals surface area contributed by atoms with E-state index in [1.807, 2.05) is 13.0 Å². The minimum absolute atomic E-state index is 0.140. The molecule has 16 heavy (non-hydrogen) atoms. The fraction of sp³-hybridized carbons (Fsp3) is 0.500. The van der Waals surface area contributed by atoms with Gasteiger partial charge < -0.3 is 10.5 Å². The molecule has 2 rings (SSSR count). The van der Waals surface area contributed by atoms with E-state index in [-0.39, 0.29) is 11.9 Å². The Hall–Kier alpha value is -0.580. The summed E-state index contributed by atoms with van der Waals surface area (Å²) in [6, 6.07) is 3.30. The minimum Gasteiger partial charge on any atom is -0.379 e. The number of rotatable bonds is 3. The summed E-state index contributed by atoms with van der Waals surface area (Å²) in [4.78, 5) is 1.09. The summed E-state index contributed by atoms with van der Waals surface area (Å²) in [5, 5.41) is 0.488. The summed E-state index contributed by atoms with van der Waals surface area (Å²) >= 11 is 1.74. The van der Waals surface area contributed by atoms with Crippen molar-refractivity contribution >= 4 is 11.8 Å². The van der Waals surface area contributed by atoms with Crippen molar-refractivity contribution in [1.82, 2.24) is 0 Å². The molecule has 0 unspecified atom stereocenters. The highest BCUT2D eigenvalue weighted by molar-refractivity contribution is 8.00. The molecular weight excluding hydrogens is 225 g/mol. The lowest BCUT2D eigenvalue weighted by atomic mass is 10.1. The fourth-order valence-corrected chi connectivity index (χ4v) is 2.90. The lowest BCUT2D eigenvalue weighted by molar-refractivity contribution is 0.0455. The van der Waals surface area contributed by atoms with Gasteiger partial charge in [0.2, 0.25) is 0 Å². The number of benzene rings is 1. The molecule has 1 aromatic rings. The molecule has 2 nitrogen and oxygen atoms in total. The average Bonchev–Trinajstić information content (AvgIpc) is 2.16. The van der Waals surface area contributed by atoms with Crippen LogP contribution in [0.4, 0.5) is 4.39 Å². The third-order valence-corrected chi connectivity index (χ3v) is 3.90. The summed E-state index contributed by atoms with van der Waals surface area (Å²) in [5.74, 6) is -0.179. The van der Waals surface area contributed by atoms with E-state index < -0.39 is 0 Å². The van der Waals surface area contributed by atoms with Gasteiger partial charge in [0.05, 0.1) is 18.5 Å². The Morgan fingerprint density at radius 3 is 2.69 bits per heavy atom. The second kappa shape index (κ2) is 4.73. The van der Waals surface area contributed by atoms with Crippen LogP contribution >= 0.6 is 11.8 Å². The molecule has 1 heterocycles. The zero-order valence-electron chi connectivity index (χ0n) is 9.50. The van der Waals surface area contributed by atoms with E-state index in [1.54, 1.807) is 24.8 Å². The summed E-state index contributed by atoms with van der Waals surface area (Å²) in [6.07, 6.45) is 0. The van der Waals surface area contributed by atoms with Gasteiger partial charge in [-0.05, 0) is 37.1 Å². The van der Waals surface area contributed by atoms with Gasteiger partial charge in [0.15, 0.2) is 0 Å². The van der Waals surface area contributed by atoms with Crippen molar-refractivity contribution < 1.29 is 9.13 Å². The summed E-state index contributed by atoms with van der Waals surface area (Å²) in [5.41, 5.74) is 7.42. The van der Waals surface area contributed by atoms with Gasteiger partial charge >= 0.3 is 0 Å². The van der Waals surface area contributed by atoms with E-state index in [1.165, 1.54) is 0 Å². The Kier molecular flexibility index (Phi) is 3.52. The zero-order chi connectivity index (χ0) is 11.7. The highest BCUT2D eigenvalue weighted by atomic mass is 32.2. The third-order valence-electron chi connectivity index (χ3n) is 2.68. The number of hydrogen-bond acceptors (Lipinski definition) is 3. The first kappa shape index (κ1) is 11.9. The predicted octanol–water partition coefficient (Wildman–Crippen LogP) is 2.64. The van der Waals surface area contributed by atoms with Gasteiger partial charge in [-0.25, -0.2) is 4.39 Å². The summed E-state index contributed by atoms with van der Waals surface area (Å²) in [7, 11) is 0. The van der Waals surface area contributed by atoms with E-state index >= 15 is 0 Å². The Bertz CT molecular complexity index is 391. The Balaban J connectivity index is 2.28. The molecule has 88 valence electrons. The summed E-state index contributed by atoms with van der Waals surface area (Å²) in [6.45, 7) is 5.21. The normalized spacial score (nSPS) is 18.2. The molecule has 1 aliphatic heterocycles. The van der Waals surface area contributed by atoms with Crippen LogP contribution in [0.3, 0.4) is 0 Å². The monoisotopic (exact) mass is 241 g/mol. The van der Waals surface area contributed by atoms with Gasteiger partial charge in [0.25, 0.3) is 0 Å². The molecule has 0 aliphatic carbocycles. The molecule has 1 saturated heterocycles. The number of ether oxygens (including phenoxy) is 1. The highest BCUT2D eigenvalue weighted by Crippen LogP contribution is 2.34. The van der Waals surface area contributed by atoms with Gasteiger partial charge in [-0.15, -0.1) is 11.8 Å². The highest BCUT2D eigenvalue weighted by Gasteiger charge is 2.22. The molecule has 4 heteroatoms. The smallest absolute Gasteiger partial charge is 0.126 e. The van der Waals surface area contributed by atoms with Crippen molar-refractivity contribution in [2.75, 3.05) is 13.2 Å². The molecule has 1 fully saturated rings. The lowest BCUT2D eigenvalue weighted by Gasteiger charge is -2.26.